The topological polar surface area (TPSA) is 33.2 Å². The molecule has 3 rings (SSSR count). The number of thiazole rings is 1. The Balaban J connectivity index is 1.55. The van der Waals surface area contributed by atoms with Gasteiger partial charge in [0.25, 0.3) is 0 Å². The molecule has 1 heterocycles. The molecule has 0 radical (unpaired) electrons. The third kappa shape index (κ3) is 3.48. The highest BCUT2D eigenvalue weighted by Gasteiger charge is 2.11. The van der Waals surface area contributed by atoms with E-state index in [4.69, 9.17) is 0 Å². The molecule has 1 aromatic heterocycles. The second kappa shape index (κ2) is 6.94. The molecule has 0 aliphatic carbocycles. The zero-order chi connectivity index (χ0) is 15.4. The number of aromatic nitrogens is 1. The molecule has 0 saturated heterocycles. The van der Waals surface area contributed by atoms with Crippen LogP contribution in [0.15, 0.2) is 54.6 Å². The molecule has 0 fully saturated rings. The van der Waals surface area contributed by atoms with E-state index in [1.807, 2.05) is 55.6 Å². The number of benzene rings is 2. The third-order valence-electron chi connectivity index (χ3n) is 3.31. The number of nitrogens with zero attached hydrogens (tertiary/aromatic N) is 2. The van der Waals surface area contributed by atoms with E-state index in [1.165, 1.54) is 4.70 Å². The lowest BCUT2D eigenvalue weighted by Crippen LogP contribution is -2.27. The molecule has 0 N–H and O–H groups in total. The minimum Gasteiger partial charge on any atom is -0.315 e. The monoisotopic (exact) mass is 328 g/mol. The van der Waals surface area contributed by atoms with Crippen LogP contribution in [0.3, 0.4) is 0 Å². The Kier molecular flexibility index (Phi) is 4.75. The molecule has 0 atom stereocenters. The number of hydrogen-bond donors (Lipinski definition) is 0. The van der Waals surface area contributed by atoms with E-state index in [9.17, 15) is 4.79 Å². The van der Waals surface area contributed by atoms with Gasteiger partial charge in [0.1, 0.15) is 5.01 Å². The van der Waals surface area contributed by atoms with Gasteiger partial charge in [-0.3, -0.25) is 4.79 Å². The predicted octanol–water partition coefficient (Wildman–Crippen LogP) is 4.19. The van der Waals surface area contributed by atoms with Crippen molar-refractivity contribution in [2.75, 3.05) is 17.7 Å². The van der Waals surface area contributed by atoms with Crippen LogP contribution in [0.4, 0.5) is 5.69 Å². The first-order chi connectivity index (χ1) is 10.7. The van der Waals surface area contributed by atoms with Gasteiger partial charge in [-0.1, -0.05) is 30.3 Å². The molecule has 22 heavy (non-hydrogen) atoms. The molecule has 1 amide bonds. The Hall–Kier alpha value is -1.85. The van der Waals surface area contributed by atoms with Crippen LogP contribution in [0.2, 0.25) is 0 Å². The Morgan fingerprint density at radius 2 is 1.86 bits per heavy atom. The highest BCUT2D eigenvalue weighted by Crippen LogP contribution is 2.25. The van der Waals surface area contributed by atoms with Gasteiger partial charge in [-0.15, -0.1) is 23.1 Å². The van der Waals surface area contributed by atoms with E-state index in [0.29, 0.717) is 5.75 Å². The molecular formula is C17H16N2OS2. The van der Waals surface area contributed by atoms with E-state index in [0.717, 1.165) is 22.0 Å². The van der Waals surface area contributed by atoms with Gasteiger partial charge >= 0.3 is 0 Å². The minimum absolute atomic E-state index is 0.109. The van der Waals surface area contributed by atoms with E-state index in [1.54, 1.807) is 28.0 Å². The first-order valence-corrected chi connectivity index (χ1v) is 8.95. The summed E-state index contributed by atoms with van der Waals surface area (Å²) in [7, 11) is 1.82. The van der Waals surface area contributed by atoms with Crippen molar-refractivity contribution < 1.29 is 4.79 Å². The first-order valence-electron chi connectivity index (χ1n) is 6.98. The SMILES string of the molecule is CN(C(=O)CSCc1nc2ccccc2s1)c1ccccc1. The maximum atomic E-state index is 12.2. The molecule has 3 nitrogen and oxygen atoms in total. The highest BCUT2D eigenvalue weighted by atomic mass is 32.2. The summed E-state index contributed by atoms with van der Waals surface area (Å²) in [5.41, 5.74) is 1.96. The molecule has 0 aliphatic rings. The summed E-state index contributed by atoms with van der Waals surface area (Å²) in [5, 5.41) is 1.07. The Bertz CT molecular complexity index is 737. The highest BCUT2D eigenvalue weighted by molar-refractivity contribution is 7.99. The zero-order valence-corrected chi connectivity index (χ0v) is 13.9. The maximum absolute atomic E-state index is 12.2. The van der Waals surface area contributed by atoms with Crippen molar-refractivity contribution in [2.45, 2.75) is 5.75 Å². The van der Waals surface area contributed by atoms with Crippen LogP contribution >= 0.6 is 23.1 Å². The van der Waals surface area contributed by atoms with Gasteiger partial charge in [-0.05, 0) is 24.3 Å². The minimum atomic E-state index is 0.109. The number of carbonyl (C=O) groups is 1. The maximum Gasteiger partial charge on any atom is 0.236 e. The summed E-state index contributed by atoms with van der Waals surface area (Å²) in [4.78, 5) is 18.5. The van der Waals surface area contributed by atoms with Gasteiger partial charge < -0.3 is 4.90 Å². The van der Waals surface area contributed by atoms with E-state index in [-0.39, 0.29) is 5.91 Å². The summed E-state index contributed by atoms with van der Waals surface area (Å²) in [6, 6.07) is 17.8. The second-order valence-electron chi connectivity index (χ2n) is 4.86. The van der Waals surface area contributed by atoms with E-state index in [2.05, 4.69) is 11.1 Å². The van der Waals surface area contributed by atoms with E-state index < -0.39 is 0 Å². The van der Waals surface area contributed by atoms with Crippen LogP contribution in [-0.4, -0.2) is 23.7 Å². The standard InChI is InChI=1S/C17H16N2OS2/c1-19(13-7-3-2-4-8-13)17(20)12-21-11-16-18-14-9-5-6-10-15(14)22-16/h2-10H,11-12H2,1H3. The average molecular weight is 328 g/mol. The van der Waals surface area contributed by atoms with Crippen LogP contribution in [0.5, 0.6) is 0 Å². The number of thioether (sulfide) groups is 1. The number of rotatable bonds is 5. The summed E-state index contributed by atoms with van der Waals surface area (Å²) in [6.45, 7) is 0. The number of carbonyl (C=O) groups excluding carboxylic acids is 1. The van der Waals surface area contributed by atoms with Gasteiger partial charge in [-0.2, -0.15) is 0 Å². The fourth-order valence-corrected chi connectivity index (χ4v) is 4.06. The van der Waals surface area contributed by atoms with Crippen molar-refractivity contribution in [3.63, 3.8) is 0 Å². The molecule has 5 heteroatoms. The van der Waals surface area contributed by atoms with Crippen molar-refractivity contribution in [2.24, 2.45) is 0 Å². The van der Waals surface area contributed by atoms with Crippen molar-refractivity contribution in [1.29, 1.82) is 0 Å². The van der Waals surface area contributed by atoms with Gasteiger partial charge in [0.15, 0.2) is 0 Å². The Morgan fingerprint density at radius 3 is 2.64 bits per heavy atom. The number of para-hydroxylation sites is 2. The molecule has 0 bridgehead atoms. The molecule has 3 aromatic rings. The number of hydrogen-bond acceptors (Lipinski definition) is 4. The normalized spacial score (nSPS) is 10.8. The van der Waals surface area contributed by atoms with Gasteiger partial charge in [0.05, 0.1) is 16.0 Å². The largest absolute Gasteiger partial charge is 0.315 e. The smallest absolute Gasteiger partial charge is 0.236 e. The lowest BCUT2D eigenvalue weighted by Gasteiger charge is -2.16. The van der Waals surface area contributed by atoms with Crippen LogP contribution in [0.1, 0.15) is 5.01 Å². The third-order valence-corrected chi connectivity index (χ3v) is 5.45. The number of anilines is 1. The number of amides is 1. The second-order valence-corrected chi connectivity index (χ2v) is 6.96. The van der Waals surface area contributed by atoms with Crippen LogP contribution in [0, 0.1) is 0 Å². The summed E-state index contributed by atoms with van der Waals surface area (Å²) in [6.07, 6.45) is 0. The Labute approximate surface area is 138 Å². The number of fused-ring (bicyclic) bond motifs is 1. The fourth-order valence-electron chi connectivity index (χ4n) is 2.10. The zero-order valence-electron chi connectivity index (χ0n) is 12.2. The van der Waals surface area contributed by atoms with Crippen LogP contribution in [-0.2, 0) is 10.5 Å². The molecular weight excluding hydrogens is 312 g/mol. The summed E-state index contributed by atoms with van der Waals surface area (Å²) >= 11 is 3.31. The molecule has 0 aliphatic heterocycles. The van der Waals surface area contributed by atoms with Gasteiger partial charge in [-0.25, -0.2) is 4.98 Å². The molecule has 112 valence electrons. The van der Waals surface area contributed by atoms with Crippen LogP contribution < -0.4 is 4.90 Å². The molecule has 0 saturated carbocycles. The lowest BCUT2D eigenvalue weighted by molar-refractivity contribution is -0.115. The summed E-state index contributed by atoms with van der Waals surface area (Å²) < 4.78 is 1.20. The molecule has 2 aromatic carbocycles. The van der Waals surface area contributed by atoms with Crippen molar-refractivity contribution in [1.82, 2.24) is 4.98 Å². The predicted molar refractivity (Wildman–Crippen MR) is 95.6 cm³/mol. The van der Waals surface area contributed by atoms with Gasteiger partial charge in [0.2, 0.25) is 5.91 Å². The van der Waals surface area contributed by atoms with Crippen molar-refractivity contribution >= 4 is 44.9 Å². The quantitative estimate of drug-likeness (QED) is 0.704. The average Bonchev–Trinajstić information content (AvgIpc) is 2.97. The molecule has 0 spiro atoms. The van der Waals surface area contributed by atoms with Crippen molar-refractivity contribution in [3.8, 4) is 0 Å². The fraction of sp³-hybridized carbons (Fsp3) is 0.176. The first kappa shape index (κ1) is 15.1. The summed E-state index contributed by atoms with van der Waals surface area (Å²) in [5.74, 6) is 1.34. The van der Waals surface area contributed by atoms with E-state index >= 15 is 0 Å². The van der Waals surface area contributed by atoms with Gasteiger partial charge in [0, 0.05) is 18.5 Å². The van der Waals surface area contributed by atoms with Crippen LogP contribution in [0.25, 0.3) is 10.2 Å². The molecule has 0 unspecified atom stereocenters. The lowest BCUT2D eigenvalue weighted by atomic mass is 10.3. The Morgan fingerprint density at radius 1 is 1.14 bits per heavy atom. The van der Waals surface area contributed by atoms with Crippen molar-refractivity contribution in [3.05, 3.63) is 59.6 Å².